The molecule has 0 amide bonds. The molecule has 0 atom stereocenters. The highest BCUT2D eigenvalue weighted by Gasteiger charge is 2.38. The topological polar surface area (TPSA) is 9.23 Å². The van der Waals surface area contributed by atoms with E-state index in [4.69, 9.17) is 4.74 Å². The Balaban J connectivity index is 2.38. The van der Waals surface area contributed by atoms with Crippen LogP contribution in [0.1, 0.15) is 38.2 Å². The van der Waals surface area contributed by atoms with E-state index < -0.39 is 0 Å². The molecule has 1 saturated carbocycles. The van der Waals surface area contributed by atoms with Crippen molar-refractivity contribution in [2.75, 3.05) is 7.11 Å². The van der Waals surface area contributed by atoms with Crippen LogP contribution in [0.5, 0.6) is 5.75 Å². The number of hydrogen-bond acceptors (Lipinski definition) is 1. The Morgan fingerprint density at radius 1 is 1.29 bits per heavy atom. The molecule has 1 aliphatic carbocycles. The molecule has 0 unspecified atom stereocenters. The highest BCUT2D eigenvalue weighted by molar-refractivity contribution is 5.41. The van der Waals surface area contributed by atoms with Crippen molar-refractivity contribution in [3.8, 4) is 5.75 Å². The van der Waals surface area contributed by atoms with E-state index >= 15 is 0 Å². The van der Waals surface area contributed by atoms with E-state index in [1.54, 1.807) is 7.11 Å². The Morgan fingerprint density at radius 2 is 2.00 bits per heavy atom. The van der Waals surface area contributed by atoms with Crippen LogP contribution in [0.2, 0.25) is 0 Å². The second-order valence-electron chi connectivity index (χ2n) is 4.19. The Labute approximate surface area is 86.1 Å². The van der Waals surface area contributed by atoms with E-state index in [9.17, 15) is 0 Å². The lowest BCUT2D eigenvalue weighted by Crippen LogP contribution is -2.33. The molecule has 0 bridgehead atoms. The summed E-state index contributed by atoms with van der Waals surface area (Å²) in [6, 6.07) is 8.46. The lowest BCUT2D eigenvalue weighted by atomic mass is 9.63. The average molecular weight is 190 g/mol. The Kier molecular flexibility index (Phi) is 2.49. The van der Waals surface area contributed by atoms with Crippen LogP contribution in [0.15, 0.2) is 24.3 Å². The highest BCUT2D eigenvalue weighted by atomic mass is 16.5. The minimum Gasteiger partial charge on any atom is -0.496 e. The van der Waals surface area contributed by atoms with Crippen LogP contribution in [-0.2, 0) is 5.41 Å². The third-order valence-electron chi connectivity index (χ3n) is 3.67. The zero-order valence-electron chi connectivity index (χ0n) is 9.05. The molecule has 0 saturated heterocycles. The van der Waals surface area contributed by atoms with Crippen LogP contribution in [0.3, 0.4) is 0 Å². The van der Waals surface area contributed by atoms with Gasteiger partial charge in [0.2, 0.25) is 0 Å². The molecule has 1 heteroatoms. The predicted molar refractivity (Wildman–Crippen MR) is 58.8 cm³/mol. The van der Waals surface area contributed by atoms with Crippen LogP contribution >= 0.6 is 0 Å². The summed E-state index contributed by atoms with van der Waals surface area (Å²) in [5.41, 5.74) is 1.84. The molecule has 0 aromatic heterocycles. The Hall–Kier alpha value is -0.980. The molecule has 14 heavy (non-hydrogen) atoms. The summed E-state index contributed by atoms with van der Waals surface area (Å²) in [4.78, 5) is 0. The van der Waals surface area contributed by atoms with Gasteiger partial charge in [-0.1, -0.05) is 31.5 Å². The first kappa shape index (κ1) is 9.57. The molecule has 1 fully saturated rings. The molecular weight excluding hydrogens is 172 g/mol. The maximum absolute atomic E-state index is 5.43. The van der Waals surface area contributed by atoms with Crippen molar-refractivity contribution in [3.05, 3.63) is 29.8 Å². The normalized spacial score (nSPS) is 18.7. The largest absolute Gasteiger partial charge is 0.496 e. The van der Waals surface area contributed by atoms with Crippen LogP contribution in [0, 0.1) is 0 Å². The van der Waals surface area contributed by atoms with Gasteiger partial charge in [0.1, 0.15) is 5.75 Å². The van der Waals surface area contributed by atoms with Crippen LogP contribution in [0.25, 0.3) is 0 Å². The molecule has 1 nitrogen and oxygen atoms in total. The highest BCUT2D eigenvalue weighted by Crippen LogP contribution is 2.49. The van der Waals surface area contributed by atoms with E-state index in [1.807, 2.05) is 6.07 Å². The van der Waals surface area contributed by atoms with E-state index in [1.165, 1.54) is 31.2 Å². The third-order valence-corrected chi connectivity index (χ3v) is 3.67. The molecule has 0 heterocycles. The van der Waals surface area contributed by atoms with E-state index in [0.717, 1.165) is 5.75 Å². The molecule has 0 spiro atoms. The second kappa shape index (κ2) is 3.64. The van der Waals surface area contributed by atoms with Gasteiger partial charge in [-0.05, 0) is 30.7 Å². The van der Waals surface area contributed by atoms with E-state index in [0.29, 0.717) is 5.41 Å². The van der Waals surface area contributed by atoms with Crippen molar-refractivity contribution in [1.82, 2.24) is 0 Å². The zero-order chi connectivity index (χ0) is 10.0. The quantitative estimate of drug-likeness (QED) is 0.708. The van der Waals surface area contributed by atoms with Gasteiger partial charge in [0.05, 0.1) is 7.11 Å². The summed E-state index contributed by atoms with van der Waals surface area (Å²) in [7, 11) is 1.76. The van der Waals surface area contributed by atoms with Crippen molar-refractivity contribution in [2.24, 2.45) is 0 Å². The molecule has 0 radical (unpaired) electrons. The zero-order valence-corrected chi connectivity index (χ0v) is 9.05. The lowest BCUT2D eigenvalue weighted by molar-refractivity contribution is 0.226. The van der Waals surface area contributed by atoms with Gasteiger partial charge >= 0.3 is 0 Å². The number of methoxy groups -OCH3 is 1. The van der Waals surface area contributed by atoms with Gasteiger partial charge in [-0.25, -0.2) is 0 Å². The van der Waals surface area contributed by atoms with Gasteiger partial charge in [0.15, 0.2) is 0 Å². The first-order chi connectivity index (χ1) is 6.82. The fourth-order valence-electron chi connectivity index (χ4n) is 2.50. The summed E-state index contributed by atoms with van der Waals surface area (Å²) in [5.74, 6) is 1.06. The SMILES string of the molecule is CCC1(c2ccccc2OC)CCC1. The average Bonchev–Trinajstić information content (AvgIpc) is 2.18. The maximum Gasteiger partial charge on any atom is 0.122 e. The minimum absolute atomic E-state index is 0.423. The fourth-order valence-corrected chi connectivity index (χ4v) is 2.50. The monoisotopic (exact) mass is 190 g/mol. The van der Waals surface area contributed by atoms with Crippen LogP contribution in [0.4, 0.5) is 0 Å². The summed E-state index contributed by atoms with van der Waals surface area (Å²) in [6.07, 6.45) is 5.24. The molecule has 1 aromatic carbocycles. The summed E-state index contributed by atoms with van der Waals surface area (Å²) >= 11 is 0. The van der Waals surface area contributed by atoms with Crippen LogP contribution < -0.4 is 4.74 Å². The van der Waals surface area contributed by atoms with Crippen molar-refractivity contribution in [3.63, 3.8) is 0 Å². The molecule has 0 N–H and O–H groups in total. The first-order valence-corrected chi connectivity index (χ1v) is 5.46. The van der Waals surface area contributed by atoms with Crippen molar-refractivity contribution >= 4 is 0 Å². The summed E-state index contributed by atoms with van der Waals surface area (Å²) in [5, 5.41) is 0. The number of hydrogen-bond donors (Lipinski definition) is 0. The van der Waals surface area contributed by atoms with Gasteiger partial charge in [0.25, 0.3) is 0 Å². The molecule has 1 aromatic rings. The number of rotatable bonds is 3. The second-order valence-corrected chi connectivity index (χ2v) is 4.19. The van der Waals surface area contributed by atoms with Crippen molar-refractivity contribution in [1.29, 1.82) is 0 Å². The van der Waals surface area contributed by atoms with Crippen molar-refractivity contribution in [2.45, 2.75) is 38.0 Å². The predicted octanol–water partition coefficient (Wildman–Crippen LogP) is 3.53. The Bertz CT molecular complexity index is 307. The molecule has 76 valence electrons. The Morgan fingerprint density at radius 3 is 2.50 bits per heavy atom. The summed E-state index contributed by atoms with van der Waals surface area (Å²) < 4.78 is 5.43. The molecule has 2 rings (SSSR count). The standard InChI is InChI=1S/C13H18O/c1-3-13(9-6-10-13)11-7-4-5-8-12(11)14-2/h4-5,7-8H,3,6,9-10H2,1-2H3. The minimum atomic E-state index is 0.423. The van der Waals surface area contributed by atoms with Crippen LogP contribution in [-0.4, -0.2) is 7.11 Å². The fraction of sp³-hybridized carbons (Fsp3) is 0.538. The van der Waals surface area contributed by atoms with Gasteiger partial charge in [-0.3, -0.25) is 0 Å². The van der Waals surface area contributed by atoms with Gasteiger partial charge in [-0.2, -0.15) is 0 Å². The van der Waals surface area contributed by atoms with Gasteiger partial charge in [-0.15, -0.1) is 0 Å². The molecular formula is C13H18O. The summed E-state index contributed by atoms with van der Waals surface area (Å²) in [6.45, 7) is 2.28. The van der Waals surface area contributed by atoms with Crippen molar-refractivity contribution < 1.29 is 4.74 Å². The first-order valence-electron chi connectivity index (χ1n) is 5.46. The third kappa shape index (κ3) is 1.31. The number of benzene rings is 1. The molecule has 1 aliphatic rings. The lowest BCUT2D eigenvalue weighted by Gasteiger charge is -2.42. The van der Waals surface area contributed by atoms with E-state index in [-0.39, 0.29) is 0 Å². The number of ether oxygens (including phenoxy) is 1. The number of para-hydroxylation sites is 1. The maximum atomic E-state index is 5.43. The smallest absolute Gasteiger partial charge is 0.122 e. The van der Waals surface area contributed by atoms with E-state index in [2.05, 4.69) is 25.1 Å². The molecule has 0 aliphatic heterocycles. The van der Waals surface area contributed by atoms with Gasteiger partial charge < -0.3 is 4.74 Å². The van der Waals surface area contributed by atoms with Gasteiger partial charge in [0, 0.05) is 5.56 Å².